The molecule has 0 bridgehead atoms. The molecule has 0 saturated heterocycles. The maximum atomic E-state index is 5.36. The van der Waals surface area contributed by atoms with Crippen LogP contribution in [0.5, 0.6) is 0 Å². The molecular weight excluding hydrogens is 635 g/mol. The van der Waals surface area contributed by atoms with Gasteiger partial charge in [-0.15, -0.1) is 0 Å². The molecule has 0 amide bonds. The molecule has 0 N–H and O–H groups in total. The number of nitrogens with zero attached hydrogens (tertiary/aromatic N) is 5. The molecule has 0 saturated carbocycles. The van der Waals surface area contributed by atoms with E-state index in [2.05, 4.69) is 167 Å². The van der Waals surface area contributed by atoms with Crippen LogP contribution in [0.4, 0.5) is 0 Å². The molecule has 8 aromatic carbocycles. The van der Waals surface area contributed by atoms with Gasteiger partial charge in [-0.3, -0.25) is 4.57 Å². The highest BCUT2D eigenvalue weighted by molar-refractivity contribution is 6.22. The Bertz CT molecular complexity index is 3190. The van der Waals surface area contributed by atoms with Crippen LogP contribution in [0.1, 0.15) is 0 Å². The first kappa shape index (κ1) is 28.7. The maximum Gasteiger partial charge on any atom is 0.238 e. The van der Waals surface area contributed by atoms with Gasteiger partial charge in [0.1, 0.15) is 0 Å². The van der Waals surface area contributed by atoms with Crippen molar-refractivity contribution in [3.63, 3.8) is 0 Å². The van der Waals surface area contributed by atoms with Crippen molar-refractivity contribution in [3.05, 3.63) is 176 Å². The van der Waals surface area contributed by atoms with E-state index in [9.17, 15) is 0 Å². The van der Waals surface area contributed by atoms with E-state index in [-0.39, 0.29) is 0 Å². The quantitative estimate of drug-likeness (QED) is 0.188. The molecule has 0 aliphatic heterocycles. The second-order valence-corrected chi connectivity index (χ2v) is 13.2. The Hall–Kier alpha value is -7.11. The molecule has 3 heterocycles. The standard InChI is InChI=1S/C47H29N5/c1-2-16-32(17-3-1)45-48-46(50-47(49-45)52-39-24-12-9-21-36(39)44-34-19-7-5-15-31(34)27-29-42(44)52)37-22-10-13-25-40(37)51-38-23-11-8-20-35(38)43-33-18-6-4-14-30(33)26-28-41(43)51/h1-29H. The second kappa shape index (κ2) is 11.2. The number of para-hydroxylation sites is 3. The molecule has 242 valence electrons. The minimum Gasteiger partial charge on any atom is -0.308 e. The van der Waals surface area contributed by atoms with Gasteiger partial charge in [-0.05, 0) is 57.9 Å². The summed E-state index contributed by atoms with van der Waals surface area (Å²) >= 11 is 0. The lowest BCUT2D eigenvalue weighted by Gasteiger charge is -2.15. The van der Waals surface area contributed by atoms with Crippen molar-refractivity contribution < 1.29 is 0 Å². The van der Waals surface area contributed by atoms with Gasteiger partial charge in [-0.1, -0.05) is 140 Å². The third-order valence-electron chi connectivity index (χ3n) is 10.4. The first-order chi connectivity index (χ1) is 25.8. The number of hydrogen-bond acceptors (Lipinski definition) is 3. The van der Waals surface area contributed by atoms with E-state index in [0.29, 0.717) is 17.6 Å². The largest absolute Gasteiger partial charge is 0.308 e. The van der Waals surface area contributed by atoms with E-state index in [1.807, 2.05) is 18.2 Å². The summed E-state index contributed by atoms with van der Waals surface area (Å²) in [4.78, 5) is 15.8. The molecule has 52 heavy (non-hydrogen) atoms. The molecule has 5 heteroatoms. The molecule has 0 aliphatic carbocycles. The molecule has 11 aromatic rings. The van der Waals surface area contributed by atoms with Crippen molar-refractivity contribution in [2.75, 3.05) is 0 Å². The summed E-state index contributed by atoms with van der Waals surface area (Å²) in [5.41, 5.74) is 7.23. The highest BCUT2D eigenvalue weighted by atomic mass is 15.2. The molecule has 5 nitrogen and oxygen atoms in total. The number of rotatable bonds is 4. The highest BCUT2D eigenvalue weighted by Crippen LogP contribution is 2.40. The van der Waals surface area contributed by atoms with Gasteiger partial charge in [0.2, 0.25) is 5.95 Å². The van der Waals surface area contributed by atoms with Crippen LogP contribution < -0.4 is 0 Å². The number of hydrogen-bond donors (Lipinski definition) is 0. The zero-order valence-corrected chi connectivity index (χ0v) is 28.0. The Balaban J connectivity index is 1.23. The van der Waals surface area contributed by atoms with Crippen molar-refractivity contribution in [1.82, 2.24) is 24.1 Å². The first-order valence-electron chi connectivity index (χ1n) is 17.6. The molecule has 0 spiro atoms. The van der Waals surface area contributed by atoms with Gasteiger partial charge in [-0.2, -0.15) is 9.97 Å². The summed E-state index contributed by atoms with van der Waals surface area (Å²) in [7, 11) is 0. The van der Waals surface area contributed by atoms with Crippen LogP contribution in [0.3, 0.4) is 0 Å². The Kier molecular flexibility index (Phi) is 6.18. The summed E-state index contributed by atoms with van der Waals surface area (Å²) in [6.07, 6.45) is 0. The maximum absolute atomic E-state index is 5.36. The lowest BCUT2D eigenvalue weighted by Crippen LogP contribution is -2.07. The van der Waals surface area contributed by atoms with E-state index in [4.69, 9.17) is 15.0 Å². The van der Waals surface area contributed by atoms with Crippen LogP contribution in [-0.4, -0.2) is 24.1 Å². The van der Waals surface area contributed by atoms with Gasteiger partial charge < -0.3 is 4.57 Å². The van der Waals surface area contributed by atoms with E-state index < -0.39 is 0 Å². The summed E-state index contributed by atoms with van der Waals surface area (Å²) in [6.45, 7) is 0. The summed E-state index contributed by atoms with van der Waals surface area (Å²) in [5, 5.41) is 9.67. The molecule has 3 aromatic heterocycles. The van der Waals surface area contributed by atoms with Crippen molar-refractivity contribution in [2.24, 2.45) is 0 Å². The SMILES string of the molecule is c1ccc(-c2nc(-c3ccccc3-n3c4ccccc4c4c5ccccc5ccc43)nc(-n3c4ccccc4c4c5ccccc5ccc43)n2)cc1. The van der Waals surface area contributed by atoms with Crippen molar-refractivity contribution >= 4 is 65.2 Å². The van der Waals surface area contributed by atoms with E-state index in [1.54, 1.807) is 0 Å². The zero-order chi connectivity index (χ0) is 34.2. The molecule has 11 rings (SSSR count). The molecular formula is C47H29N5. The smallest absolute Gasteiger partial charge is 0.238 e. The van der Waals surface area contributed by atoms with Crippen molar-refractivity contribution in [2.45, 2.75) is 0 Å². The summed E-state index contributed by atoms with van der Waals surface area (Å²) in [6, 6.07) is 61.9. The molecule has 0 fully saturated rings. The van der Waals surface area contributed by atoms with Crippen LogP contribution in [-0.2, 0) is 0 Å². The van der Waals surface area contributed by atoms with Gasteiger partial charge in [0, 0.05) is 32.7 Å². The zero-order valence-electron chi connectivity index (χ0n) is 28.0. The predicted octanol–water partition coefficient (Wildman–Crippen LogP) is 11.7. The van der Waals surface area contributed by atoms with Crippen LogP contribution >= 0.6 is 0 Å². The Morgan fingerprint density at radius 3 is 1.50 bits per heavy atom. The fourth-order valence-corrected chi connectivity index (χ4v) is 8.11. The van der Waals surface area contributed by atoms with Gasteiger partial charge in [-0.25, -0.2) is 4.98 Å². The average Bonchev–Trinajstić information content (AvgIpc) is 3.74. The lowest BCUT2D eigenvalue weighted by atomic mass is 10.0. The summed E-state index contributed by atoms with van der Waals surface area (Å²) < 4.78 is 4.56. The monoisotopic (exact) mass is 663 g/mol. The van der Waals surface area contributed by atoms with E-state index in [1.165, 1.54) is 37.7 Å². The molecule has 0 radical (unpaired) electrons. The van der Waals surface area contributed by atoms with Crippen molar-refractivity contribution in [3.8, 4) is 34.4 Å². The fourth-order valence-electron chi connectivity index (χ4n) is 8.11. The number of benzene rings is 8. The fraction of sp³-hybridized carbons (Fsp3) is 0. The number of aromatic nitrogens is 5. The van der Waals surface area contributed by atoms with Gasteiger partial charge in [0.05, 0.1) is 27.8 Å². The molecule has 0 unspecified atom stereocenters. The minimum absolute atomic E-state index is 0.577. The van der Waals surface area contributed by atoms with Gasteiger partial charge in [0.25, 0.3) is 0 Å². The summed E-state index contributed by atoms with van der Waals surface area (Å²) in [5.74, 6) is 1.81. The average molecular weight is 664 g/mol. The third-order valence-corrected chi connectivity index (χ3v) is 10.4. The van der Waals surface area contributed by atoms with Crippen LogP contribution in [0.25, 0.3) is 99.6 Å². The second-order valence-electron chi connectivity index (χ2n) is 13.2. The van der Waals surface area contributed by atoms with Gasteiger partial charge >= 0.3 is 0 Å². The Morgan fingerprint density at radius 2 is 0.827 bits per heavy atom. The van der Waals surface area contributed by atoms with Crippen molar-refractivity contribution in [1.29, 1.82) is 0 Å². The third kappa shape index (κ3) is 4.20. The van der Waals surface area contributed by atoms with E-state index in [0.717, 1.165) is 44.3 Å². The van der Waals surface area contributed by atoms with Gasteiger partial charge in [0.15, 0.2) is 11.6 Å². The topological polar surface area (TPSA) is 48.5 Å². The Labute approximate surface area is 298 Å². The molecule has 0 atom stereocenters. The molecule has 0 aliphatic rings. The lowest BCUT2D eigenvalue weighted by molar-refractivity contribution is 0.952. The van der Waals surface area contributed by atoms with E-state index >= 15 is 0 Å². The first-order valence-corrected chi connectivity index (χ1v) is 17.6. The minimum atomic E-state index is 0.577. The normalized spacial score (nSPS) is 11.8. The van der Waals surface area contributed by atoms with Crippen LogP contribution in [0.15, 0.2) is 176 Å². The van der Waals surface area contributed by atoms with Crippen LogP contribution in [0, 0.1) is 0 Å². The predicted molar refractivity (Wildman–Crippen MR) is 214 cm³/mol. The highest BCUT2D eigenvalue weighted by Gasteiger charge is 2.22. The van der Waals surface area contributed by atoms with Crippen LogP contribution in [0.2, 0.25) is 0 Å². The Morgan fingerprint density at radius 1 is 0.327 bits per heavy atom. The number of fused-ring (bicyclic) bond motifs is 10.